The molecule has 1 aliphatic carbocycles. The normalized spacial score (nSPS) is 44.2. The maximum atomic E-state index is 5.52. The van der Waals surface area contributed by atoms with Crippen molar-refractivity contribution in [2.24, 2.45) is 5.92 Å². The maximum Gasteiger partial charge on any atom is 0.0844 e. The van der Waals surface area contributed by atoms with E-state index in [9.17, 15) is 0 Å². The van der Waals surface area contributed by atoms with Gasteiger partial charge in [0.2, 0.25) is 0 Å². The quantitative estimate of drug-likeness (QED) is 0.401. The Hall–Kier alpha value is 0.611. The molecule has 2 fully saturated rings. The lowest BCUT2D eigenvalue weighted by molar-refractivity contribution is 0.367. The van der Waals surface area contributed by atoms with E-state index >= 15 is 0 Å². The molecule has 1 heterocycles. The Labute approximate surface area is 75.9 Å². The van der Waals surface area contributed by atoms with Gasteiger partial charge in [0.25, 0.3) is 0 Å². The third-order valence-corrected chi connectivity index (χ3v) is 14.7. The molecule has 1 aliphatic heterocycles. The lowest BCUT2D eigenvalue weighted by Crippen LogP contribution is -2.17. The van der Waals surface area contributed by atoms with Gasteiger partial charge in [0.05, 0.1) is 12.2 Å². The van der Waals surface area contributed by atoms with E-state index in [1.807, 2.05) is 0 Å². The van der Waals surface area contributed by atoms with Crippen molar-refractivity contribution in [2.45, 2.75) is 37.5 Å². The van der Waals surface area contributed by atoms with Crippen LogP contribution in [-0.2, 0) is 4.74 Å². The van der Waals surface area contributed by atoms with Gasteiger partial charge in [0.1, 0.15) is 0 Å². The number of epoxide rings is 1. The van der Waals surface area contributed by atoms with Gasteiger partial charge < -0.3 is 4.74 Å². The lowest BCUT2D eigenvalue weighted by Gasteiger charge is -2.17. The van der Waals surface area contributed by atoms with Gasteiger partial charge in [-0.25, -0.2) is 0 Å². The van der Waals surface area contributed by atoms with Gasteiger partial charge in [-0.1, -0.05) is 6.04 Å². The van der Waals surface area contributed by atoms with E-state index in [0.29, 0.717) is 17.6 Å². The van der Waals surface area contributed by atoms with Crippen LogP contribution in [0.25, 0.3) is 0 Å². The van der Waals surface area contributed by atoms with Crippen LogP contribution in [0.4, 0.5) is 0 Å². The molecule has 0 aromatic carbocycles. The molecule has 2 aliphatic rings. The van der Waals surface area contributed by atoms with Crippen LogP contribution < -0.4 is 0 Å². The fraction of sp³-hybridized carbons (Fsp3) is 1.00. The Morgan fingerprint density at radius 2 is 2.27 bits per heavy atom. The Kier molecular flexibility index (Phi) is 2.65. The molecule has 1 saturated carbocycles. The smallest absolute Gasteiger partial charge is 0.0844 e. The highest BCUT2D eigenvalue weighted by Gasteiger charge is 2.43. The number of hydrogen-bond donors (Lipinski definition) is 0. The molecule has 0 radical (unpaired) electrons. The molecule has 64 valence electrons. The van der Waals surface area contributed by atoms with Gasteiger partial charge in [-0.2, -0.15) is 0 Å². The van der Waals surface area contributed by atoms with Crippen LogP contribution in [0.15, 0.2) is 0 Å². The molecule has 3 unspecified atom stereocenters. The molecule has 0 spiro atoms. The first kappa shape index (κ1) is 8.22. The largest absolute Gasteiger partial charge is 0.370 e. The maximum absolute atomic E-state index is 5.52. The van der Waals surface area contributed by atoms with Crippen molar-refractivity contribution in [2.75, 3.05) is 0 Å². The molecule has 1 nitrogen and oxygen atoms in total. The molecule has 0 amide bonds. The molecule has 0 N–H and O–H groups in total. The van der Waals surface area contributed by atoms with E-state index in [-0.39, 0.29) is 0 Å². The van der Waals surface area contributed by atoms with Crippen molar-refractivity contribution in [3.8, 4) is 0 Å². The summed E-state index contributed by atoms with van der Waals surface area (Å²) in [5.74, 6) is 1.12. The zero-order chi connectivity index (χ0) is 7.68. The summed E-state index contributed by atoms with van der Waals surface area (Å²) in [6.07, 6.45) is 5.80. The van der Waals surface area contributed by atoms with Gasteiger partial charge >= 0.3 is 0 Å². The summed E-state index contributed by atoms with van der Waals surface area (Å²) in [7, 11) is 2.71. The fourth-order valence-electron chi connectivity index (χ4n) is 2.24. The second-order valence-corrected chi connectivity index (χ2v) is 20.4. The van der Waals surface area contributed by atoms with Crippen LogP contribution in [0.5, 0.6) is 0 Å². The molecule has 3 atom stereocenters. The molecular formula is C7H18OSi3. The highest BCUT2D eigenvalue weighted by molar-refractivity contribution is 7.23. The van der Waals surface area contributed by atoms with Gasteiger partial charge in [-0.3, -0.25) is 0 Å². The van der Waals surface area contributed by atoms with E-state index in [1.165, 1.54) is 19.3 Å². The van der Waals surface area contributed by atoms with Crippen LogP contribution in [0.1, 0.15) is 19.3 Å². The lowest BCUT2D eigenvalue weighted by atomic mass is 9.91. The summed E-state index contributed by atoms with van der Waals surface area (Å²) in [4.78, 5) is 0. The minimum atomic E-state index is 0.518. The fourth-order valence-corrected chi connectivity index (χ4v) is 10.4. The average molecular weight is 202 g/mol. The second-order valence-electron chi connectivity index (χ2n) is 4.03. The Morgan fingerprint density at radius 3 is 3.00 bits per heavy atom. The van der Waals surface area contributed by atoms with Crippen molar-refractivity contribution >= 4 is 27.4 Å². The molecule has 4 heteroatoms. The van der Waals surface area contributed by atoms with Gasteiger partial charge in [-0.15, -0.1) is 0 Å². The second kappa shape index (κ2) is 3.55. The van der Waals surface area contributed by atoms with Crippen molar-refractivity contribution in [3.05, 3.63) is 0 Å². The molecular weight excluding hydrogens is 184 g/mol. The van der Waals surface area contributed by atoms with Crippen molar-refractivity contribution < 1.29 is 4.74 Å². The predicted octanol–water partition coefficient (Wildman–Crippen LogP) is -1.49. The van der Waals surface area contributed by atoms with Crippen molar-refractivity contribution in [1.29, 1.82) is 0 Å². The monoisotopic (exact) mass is 202 g/mol. The molecule has 1 saturated heterocycles. The zero-order valence-electron chi connectivity index (χ0n) is 7.38. The predicted molar refractivity (Wildman–Crippen MR) is 57.8 cm³/mol. The van der Waals surface area contributed by atoms with E-state index in [1.54, 1.807) is 15.8 Å². The van der Waals surface area contributed by atoms with E-state index in [4.69, 9.17) is 4.74 Å². The minimum absolute atomic E-state index is 0.518. The van der Waals surface area contributed by atoms with E-state index in [0.717, 1.165) is 18.1 Å². The molecule has 11 heavy (non-hydrogen) atoms. The van der Waals surface area contributed by atoms with Crippen molar-refractivity contribution in [1.82, 2.24) is 0 Å². The van der Waals surface area contributed by atoms with E-state index in [2.05, 4.69) is 0 Å². The zero-order valence-corrected chi connectivity index (χ0v) is 12.2. The van der Waals surface area contributed by atoms with Gasteiger partial charge in [-0.05, 0) is 43.5 Å². The topological polar surface area (TPSA) is 12.5 Å². The first-order valence-electron chi connectivity index (χ1n) is 5.05. The highest BCUT2D eigenvalue weighted by atomic mass is 29.5. The highest BCUT2D eigenvalue weighted by Crippen LogP contribution is 2.40. The van der Waals surface area contributed by atoms with Crippen LogP contribution >= 0.6 is 0 Å². The summed E-state index contributed by atoms with van der Waals surface area (Å²) in [5.41, 5.74) is 0. The van der Waals surface area contributed by atoms with Crippen LogP contribution in [0.2, 0.25) is 6.04 Å². The summed E-state index contributed by atoms with van der Waals surface area (Å²) >= 11 is 0. The summed E-state index contributed by atoms with van der Waals surface area (Å²) in [6.45, 7) is 0. The molecule has 0 aromatic rings. The van der Waals surface area contributed by atoms with Crippen LogP contribution in [0, 0.1) is 5.92 Å². The number of rotatable bonds is 3. The summed E-state index contributed by atoms with van der Waals surface area (Å²) in [6, 6.07) is 1.68. The Bertz CT molecular complexity index is 142. The Morgan fingerprint density at radius 1 is 1.36 bits per heavy atom. The van der Waals surface area contributed by atoms with E-state index < -0.39 is 0 Å². The Balaban J connectivity index is 1.68. The summed E-state index contributed by atoms with van der Waals surface area (Å²) < 4.78 is 5.52. The van der Waals surface area contributed by atoms with Crippen molar-refractivity contribution in [3.63, 3.8) is 0 Å². The average Bonchev–Trinajstić information content (AvgIpc) is 2.78. The number of ether oxygens (including phenoxy) is 1. The van der Waals surface area contributed by atoms with Gasteiger partial charge in [0.15, 0.2) is 0 Å². The molecule has 2 rings (SSSR count). The standard InChI is InChI=1S/C7H18OSi3/c9-11-10-4-5-1-2-6-7(3-5)8-6/h5-7H,1-4,10-11H2,9H3. The number of fused-ring (bicyclic) bond motifs is 1. The number of hydrogen-bond acceptors (Lipinski definition) is 1. The molecule has 0 aromatic heterocycles. The minimum Gasteiger partial charge on any atom is -0.370 e. The SMILES string of the molecule is [SiH3][SiH2][SiH2]CC1CCC2OC2C1. The van der Waals surface area contributed by atoms with Gasteiger partial charge in [0, 0.05) is 9.04 Å². The van der Waals surface area contributed by atoms with Crippen LogP contribution in [0.3, 0.4) is 0 Å². The molecule has 0 bridgehead atoms. The first-order valence-corrected chi connectivity index (χ1v) is 15.7. The third kappa shape index (κ3) is 2.05. The van der Waals surface area contributed by atoms with Crippen LogP contribution in [-0.4, -0.2) is 39.6 Å². The summed E-state index contributed by atoms with van der Waals surface area (Å²) in [5, 5.41) is 0. The first-order chi connectivity index (χ1) is 5.40. The third-order valence-electron chi connectivity index (χ3n) is 3.08.